The van der Waals surface area contributed by atoms with Crippen LogP contribution < -0.4 is 5.73 Å². The standard InChI is InChI=1S/C15H18BrFN2S/c1-10(18)15(14-7-12(16)9-20-14)19(2)8-11-4-3-5-13(17)6-11/h3-7,9-10,15H,8,18H2,1-2H3. The molecule has 0 saturated carbocycles. The van der Waals surface area contributed by atoms with Crippen LogP contribution in [-0.2, 0) is 6.54 Å². The second-order valence-electron chi connectivity index (χ2n) is 5.02. The summed E-state index contributed by atoms with van der Waals surface area (Å²) in [4.78, 5) is 3.38. The van der Waals surface area contributed by atoms with Crippen molar-refractivity contribution in [3.63, 3.8) is 0 Å². The van der Waals surface area contributed by atoms with Crippen LogP contribution in [0.2, 0.25) is 0 Å². The molecule has 2 N–H and O–H groups in total. The van der Waals surface area contributed by atoms with Crippen molar-refractivity contribution >= 4 is 27.3 Å². The minimum Gasteiger partial charge on any atom is -0.326 e. The molecule has 1 aromatic carbocycles. The van der Waals surface area contributed by atoms with Gasteiger partial charge in [0.25, 0.3) is 0 Å². The predicted octanol–water partition coefficient (Wildman–Crippen LogP) is 4.17. The van der Waals surface area contributed by atoms with Crippen LogP contribution in [0.1, 0.15) is 23.4 Å². The van der Waals surface area contributed by atoms with Crippen LogP contribution in [0.5, 0.6) is 0 Å². The Morgan fingerprint density at radius 1 is 1.40 bits per heavy atom. The largest absolute Gasteiger partial charge is 0.326 e. The van der Waals surface area contributed by atoms with Gasteiger partial charge >= 0.3 is 0 Å². The van der Waals surface area contributed by atoms with Crippen molar-refractivity contribution in [1.29, 1.82) is 0 Å². The number of rotatable bonds is 5. The van der Waals surface area contributed by atoms with Crippen molar-refractivity contribution in [1.82, 2.24) is 4.90 Å². The van der Waals surface area contributed by atoms with Crippen molar-refractivity contribution in [2.75, 3.05) is 7.05 Å². The Kier molecular flexibility index (Phi) is 5.32. The Hall–Kier alpha value is -0.750. The summed E-state index contributed by atoms with van der Waals surface area (Å²) in [6.07, 6.45) is 0. The number of halogens is 2. The zero-order valence-electron chi connectivity index (χ0n) is 11.5. The van der Waals surface area contributed by atoms with Gasteiger partial charge in [0, 0.05) is 27.3 Å². The lowest BCUT2D eigenvalue weighted by atomic mass is 10.1. The van der Waals surface area contributed by atoms with Gasteiger partial charge in [-0.3, -0.25) is 4.90 Å². The topological polar surface area (TPSA) is 29.3 Å². The fourth-order valence-electron chi connectivity index (χ4n) is 2.38. The average Bonchev–Trinajstić information content (AvgIpc) is 2.75. The Morgan fingerprint density at radius 2 is 2.15 bits per heavy atom. The minimum absolute atomic E-state index is 0.000825. The molecule has 0 spiro atoms. The minimum atomic E-state index is -0.202. The molecule has 2 aromatic rings. The van der Waals surface area contributed by atoms with E-state index in [1.54, 1.807) is 23.5 Å². The van der Waals surface area contributed by atoms with E-state index in [0.717, 1.165) is 10.0 Å². The van der Waals surface area contributed by atoms with Crippen LogP contribution in [-0.4, -0.2) is 18.0 Å². The maximum atomic E-state index is 13.3. The van der Waals surface area contributed by atoms with Crippen LogP contribution in [0, 0.1) is 5.82 Å². The summed E-state index contributed by atoms with van der Waals surface area (Å²) in [5.41, 5.74) is 7.09. The lowest BCUT2D eigenvalue weighted by Gasteiger charge is -2.30. The molecule has 0 bridgehead atoms. The molecule has 1 aromatic heterocycles. The first-order valence-electron chi connectivity index (χ1n) is 6.41. The Morgan fingerprint density at radius 3 is 2.70 bits per heavy atom. The predicted molar refractivity (Wildman–Crippen MR) is 86.3 cm³/mol. The molecule has 0 aliphatic carbocycles. The first kappa shape index (κ1) is 15.6. The van der Waals surface area contributed by atoms with Crippen molar-refractivity contribution in [3.8, 4) is 0 Å². The number of hydrogen-bond acceptors (Lipinski definition) is 3. The van der Waals surface area contributed by atoms with E-state index in [1.807, 2.05) is 20.0 Å². The Balaban J connectivity index is 2.17. The molecule has 0 radical (unpaired) electrons. The van der Waals surface area contributed by atoms with Crippen LogP contribution in [0.15, 0.2) is 40.2 Å². The highest BCUT2D eigenvalue weighted by atomic mass is 79.9. The van der Waals surface area contributed by atoms with E-state index in [4.69, 9.17) is 5.73 Å². The smallest absolute Gasteiger partial charge is 0.123 e. The van der Waals surface area contributed by atoms with Gasteiger partial charge in [0.05, 0.1) is 6.04 Å². The van der Waals surface area contributed by atoms with Crippen LogP contribution >= 0.6 is 27.3 Å². The molecule has 0 aliphatic heterocycles. The highest BCUT2D eigenvalue weighted by molar-refractivity contribution is 9.10. The molecule has 0 fully saturated rings. The number of nitrogens with zero attached hydrogens (tertiary/aromatic N) is 1. The van der Waals surface area contributed by atoms with Crippen molar-refractivity contribution in [2.24, 2.45) is 5.73 Å². The molecule has 0 amide bonds. The van der Waals surface area contributed by atoms with Gasteiger partial charge in [0.2, 0.25) is 0 Å². The molecular weight excluding hydrogens is 339 g/mol. The van der Waals surface area contributed by atoms with Crippen LogP contribution in [0.25, 0.3) is 0 Å². The molecule has 108 valence electrons. The van der Waals surface area contributed by atoms with Crippen molar-refractivity contribution in [2.45, 2.75) is 25.6 Å². The number of benzene rings is 1. The second-order valence-corrected chi connectivity index (χ2v) is 6.87. The van der Waals surface area contributed by atoms with E-state index in [0.29, 0.717) is 6.54 Å². The molecule has 2 rings (SSSR count). The summed E-state index contributed by atoms with van der Waals surface area (Å²) in [7, 11) is 2.02. The number of likely N-dealkylation sites (N-methyl/N-ethyl adjacent to an activating group) is 1. The van der Waals surface area contributed by atoms with Crippen LogP contribution in [0.3, 0.4) is 0 Å². The van der Waals surface area contributed by atoms with E-state index in [2.05, 4.69) is 32.3 Å². The van der Waals surface area contributed by atoms with Gasteiger partial charge in [-0.15, -0.1) is 11.3 Å². The normalized spacial score (nSPS) is 14.5. The first-order valence-corrected chi connectivity index (χ1v) is 8.09. The molecule has 2 atom stereocenters. The monoisotopic (exact) mass is 356 g/mol. The third kappa shape index (κ3) is 3.88. The van der Waals surface area contributed by atoms with Gasteiger partial charge in [-0.1, -0.05) is 12.1 Å². The van der Waals surface area contributed by atoms with E-state index in [9.17, 15) is 4.39 Å². The zero-order valence-corrected chi connectivity index (χ0v) is 13.9. The molecule has 0 aliphatic rings. The lowest BCUT2D eigenvalue weighted by molar-refractivity contribution is 0.214. The molecular formula is C15H18BrFN2S. The Bertz CT molecular complexity index is 571. The second kappa shape index (κ2) is 6.80. The number of nitrogens with two attached hydrogens (primary N) is 1. The number of hydrogen-bond donors (Lipinski definition) is 1. The quantitative estimate of drug-likeness (QED) is 0.870. The zero-order chi connectivity index (χ0) is 14.7. The highest BCUT2D eigenvalue weighted by Crippen LogP contribution is 2.31. The van der Waals surface area contributed by atoms with E-state index >= 15 is 0 Å². The molecule has 20 heavy (non-hydrogen) atoms. The highest BCUT2D eigenvalue weighted by Gasteiger charge is 2.23. The fraction of sp³-hybridized carbons (Fsp3) is 0.333. The fourth-order valence-corrected chi connectivity index (χ4v) is 4.11. The van der Waals surface area contributed by atoms with Crippen LogP contribution in [0.4, 0.5) is 4.39 Å². The first-order chi connectivity index (χ1) is 9.47. The third-order valence-corrected chi connectivity index (χ3v) is 4.94. The van der Waals surface area contributed by atoms with Gasteiger partial charge in [-0.25, -0.2) is 4.39 Å². The summed E-state index contributed by atoms with van der Waals surface area (Å²) < 4.78 is 14.3. The summed E-state index contributed by atoms with van der Waals surface area (Å²) in [5.74, 6) is -0.202. The lowest BCUT2D eigenvalue weighted by Crippen LogP contribution is -2.36. The van der Waals surface area contributed by atoms with Crippen molar-refractivity contribution < 1.29 is 4.39 Å². The molecule has 5 heteroatoms. The van der Waals surface area contributed by atoms with Gasteiger partial charge in [0.1, 0.15) is 5.82 Å². The summed E-state index contributed by atoms with van der Waals surface area (Å²) >= 11 is 5.16. The molecule has 2 nitrogen and oxygen atoms in total. The van der Waals surface area contributed by atoms with Crippen molar-refractivity contribution in [3.05, 3.63) is 56.4 Å². The maximum absolute atomic E-state index is 13.3. The summed E-state index contributed by atoms with van der Waals surface area (Å²) in [6, 6.07) is 8.92. The van der Waals surface area contributed by atoms with E-state index in [1.165, 1.54) is 10.9 Å². The molecule has 0 saturated heterocycles. The van der Waals surface area contributed by atoms with Gasteiger partial charge in [-0.05, 0) is 53.7 Å². The molecule has 1 heterocycles. The van der Waals surface area contributed by atoms with E-state index < -0.39 is 0 Å². The maximum Gasteiger partial charge on any atom is 0.123 e. The summed E-state index contributed by atoms with van der Waals surface area (Å²) in [5, 5.41) is 2.06. The average molecular weight is 357 g/mol. The number of thiophene rings is 1. The molecule has 2 unspecified atom stereocenters. The van der Waals surface area contributed by atoms with Gasteiger partial charge in [0.15, 0.2) is 0 Å². The van der Waals surface area contributed by atoms with E-state index in [-0.39, 0.29) is 17.9 Å². The third-order valence-electron chi connectivity index (χ3n) is 3.17. The Labute approximate surface area is 131 Å². The SMILES string of the molecule is CC(N)C(c1cc(Br)cs1)N(C)Cc1cccc(F)c1. The van der Waals surface area contributed by atoms with Gasteiger partial charge < -0.3 is 5.73 Å². The van der Waals surface area contributed by atoms with Gasteiger partial charge in [-0.2, -0.15) is 0 Å². The summed E-state index contributed by atoms with van der Waals surface area (Å²) in [6.45, 7) is 2.67.